The molecule has 0 aliphatic rings. The number of thiocarbonyl (C=S) groups is 1. The van der Waals surface area contributed by atoms with Crippen LogP contribution in [-0.4, -0.2) is 14.6 Å². The first-order chi connectivity index (χ1) is 12.7. The molecule has 6 heteroatoms. The third-order valence-corrected chi connectivity index (χ3v) is 4.34. The summed E-state index contributed by atoms with van der Waals surface area (Å²) in [6.07, 6.45) is 0. The predicted octanol–water partition coefficient (Wildman–Crippen LogP) is 5.62. The molecule has 0 fully saturated rings. The maximum atomic E-state index is 9.37. The van der Waals surface area contributed by atoms with Crippen LogP contribution in [-0.2, 0) is 0 Å². The molecule has 0 unspecified atom stereocenters. The summed E-state index contributed by atoms with van der Waals surface area (Å²) in [6.45, 7) is 0. The molecule has 26 heavy (non-hydrogen) atoms. The van der Waals surface area contributed by atoms with E-state index in [1.807, 2.05) is 60.7 Å². The normalized spacial score (nSPS) is 11.0. The summed E-state index contributed by atoms with van der Waals surface area (Å²) in [5.74, 6) is 0.214. The number of para-hydroxylation sites is 2. The van der Waals surface area contributed by atoms with E-state index >= 15 is 0 Å². The lowest BCUT2D eigenvalue weighted by Gasteiger charge is -2.12. The maximum Gasteiger partial charge on any atom is 0.173 e. The van der Waals surface area contributed by atoms with Gasteiger partial charge in [-0.05, 0) is 60.3 Å². The molecule has 4 nitrogen and oxygen atoms in total. The van der Waals surface area contributed by atoms with Gasteiger partial charge in [-0.1, -0.05) is 48.6 Å². The minimum absolute atomic E-state index is 0.214. The minimum Gasteiger partial charge on any atom is -0.508 e. The minimum atomic E-state index is 0.214. The number of aromatic hydroxyl groups is 1. The van der Waals surface area contributed by atoms with Crippen molar-refractivity contribution in [3.63, 3.8) is 0 Å². The molecule has 0 radical (unpaired) electrons. The number of hydrogen-bond acceptors (Lipinski definition) is 4. The molecule has 0 amide bonds. The Hall–Kier alpha value is -2.83. The van der Waals surface area contributed by atoms with E-state index in [-0.39, 0.29) is 5.75 Å². The van der Waals surface area contributed by atoms with E-state index in [1.54, 1.807) is 24.3 Å². The Morgan fingerprint density at radius 1 is 0.769 bits per heavy atom. The number of benzene rings is 3. The van der Waals surface area contributed by atoms with E-state index in [2.05, 4.69) is 15.6 Å². The standard InChI is InChI=1S/C20H17N3OS2/c24-18-13-11-17(12-14-18)23-20(25)26-19(21-15-7-3-1-4-8-15)22-16-9-5-2-6-10-16/h1-14,24H,(H,21,22)(H,23,25). The van der Waals surface area contributed by atoms with Crippen LogP contribution < -0.4 is 10.6 Å². The summed E-state index contributed by atoms with van der Waals surface area (Å²) in [5, 5.41) is 16.5. The number of aliphatic imine (C=N–C) groups is 1. The van der Waals surface area contributed by atoms with Crippen LogP contribution in [0.25, 0.3) is 0 Å². The Morgan fingerprint density at radius 3 is 2.00 bits per heavy atom. The van der Waals surface area contributed by atoms with Crippen molar-refractivity contribution in [3.05, 3.63) is 84.9 Å². The summed E-state index contributed by atoms with van der Waals surface area (Å²) in [7, 11) is 0. The Bertz CT molecular complexity index is 882. The van der Waals surface area contributed by atoms with Crippen LogP contribution >= 0.6 is 24.0 Å². The lowest BCUT2D eigenvalue weighted by Crippen LogP contribution is -2.14. The molecule has 3 aromatic rings. The average molecular weight is 380 g/mol. The van der Waals surface area contributed by atoms with Crippen molar-refractivity contribution in [2.45, 2.75) is 0 Å². The van der Waals surface area contributed by atoms with Gasteiger partial charge in [0, 0.05) is 11.4 Å². The van der Waals surface area contributed by atoms with E-state index in [0.29, 0.717) is 9.49 Å². The molecule has 0 aliphatic heterocycles. The van der Waals surface area contributed by atoms with Gasteiger partial charge in [-0.2, -0.15) is 0 Å². The van der Waals surface area contributed by atoms with Gasteiger partial charge in [0.05, 0.1) is 5.69 Å². The van der Waals surface area contributed by atoms with E-state index in [1.165, 1.54) is 11.8 Å². The van der Waals surface area contributed by atoms with Crippen LogP contribution in [0.4, 0.5) is 17.1 Å². The Morgan fingerprint density at radius 2 is 1.35 bits per heavy atom. The van der Waals surface area contributed by atoms with Gasteiger partial charge in [0.15, 0.2) is 5.17 Å². The topological polar surface area (TPSA) is 56.6 Å². The zero-order valence-corrected chi connectivity index (χ0v) is 15.4. The highest BCUT2D eigenvalue weighted by Crippen LogP contribution is 2.21. The zero-order chi connectivity index (χ0) is 18.2. The van der Waals surface area contributed by atoms with Gasteiger partial charge in [-0.3, -0.25) is 0 Å². The first kappa shape index (κ1) is 18.0. The largest absolute Gasteiger partial charge is 0.508 e. The van der Waals surface area contributed by atoms with Gasteiger partial charge in [0.2, 0.25) is 0 Å². The van der Waals surface area contributed by atoms with Gasteiger partial charge in [0.1, 0.15) is 10.1 Å². The summed E-state index contributed by atoms with van der Waals surface area (Å²) >= 11 is 6.78. The van der Waals surface area contributed by atoms with Crippen molar-refractivity contribution in [1.82, 2.24) is 0 Å². The molecule has 0 atom stereocenters. The molecule has 0 bridgehead atoms. The van der Waals surface area contributed by atoms with Crippen molar-refractivity contribution in [2.75, 3.05) is 10.6 Å². The predicted molar refractivity (Wildman–Crippen MR) is 116 cm³/mol. The van der Waals surface area contributed by atoms with Gasteiger partial charge in [-0.15, -0.1) is 0 Å². The van der Waals surface area contributed by atoms with E-state index in [0.717, 1.165) is 17.1 Å². The Kier molecular flexibility index (Phi) is 6.24. The highest BCUT2D eigenvalue weighted by atomic mass is 32.2. The van der Waals surface area contributed by atoms with Crippen LogP contribution in [0.15, 0.2) is 89.9 Å². The monoisotopic (exact) mass is 379 g/mol. The summed E-state index contributed by atoms with van der Waals surface area (Å²) in [5.41, 5.74) is 2.58. The molecular weight excluding hydrogens is 362 g/mol. The second-order valence-electron chi connectivity index (χ2n) is 5.30. The molecule has 3 aromatic carbocycles. The number of thioether (sulfide) groups is 1. The first-order valence-corrected chi connectivity index (χ1v) is 9.15. The molecule has 0 aliphatic carbocycles. The number of amidine groups is 1. The van der Waals surface area contributed by atoms with Crippen molar-refractivity contribution in [3.8, 4) is 5.75 Å². The Labute approximate surface area is 162 Å². The van der Waals surface area contributed by atoms with Crippen LogP contribution in [0, 0.1) is 0 Å². The van der Waals surface area contributed by atoms with Gasteiger partial charge < -0.3 is 15.7 Å². The molecule has 0 aromatic heterocycles. The number of phenols is 1. The van der Waals surface area contributed by atoms with Crippen molar-refractivity contribution < 1.29 is 5.11 Å². The fraction of sp³-hybridized carbons (Fsp3) is 0. The number of anilines is 2. The summed E-state index contributed by atoms with van der Waals surface area (Å²) in [4.78, 5) is 4.65. The van der Waals surface area contributed by atoms with Gasteiger partial charge in [0.25, 0.3) is 0 Å². The molecule has 130 valence electrons. The van der Waals surface area contributed by atoms with Crippen molar-refractivity contribution >= 4 is 50.5 Å². The zero-order valence-electron chi connectivity index (χ0n) is 13.8. The van der Waals surface area contributed by atoms with Crippen LogP contribution in [0.1, 0.15) is 0 Å². The smallest absolute Gasteiger partial charge is 0.173 e. The van der Waals surface area contributed by atoms with E-state index in [4.69, 9.17) is 12.2 Å². The molecule has 3 rings (SSSR count). The number of phenolic OH excluding ortho intramolecular Hbond substituents is 1. The highest BCUT2D eigenvalue weighted by Gasteiger charge is 2.07. The molecule has 0 saturated heterocycles. The van der Waals surface area contributed by atoms with Crippen LogP contribution in [0.2, 0.25) is 0 Å². The molecule has 0 heterocycles. The fourth-order valence-corrected chi connectivity index (χ4v) is 3.14. The SMILES string of the molecule is Oc1ccc(NC(=S)SC(=Nc2ccccc2)Nc2ccccc2)cc1. The molecular formula is C20H17N3OS2. The van der Waals surface area contributed by atoms with E-state index in [9.17, 15) is 5.11 Å². The quantitative estimate of drug-likeness (QED) is 0.239. The lowest BCUT2D eigenvalue weighted by atomic mass is 10.3. The third-order valence-electron chi connectivity index (χ3n) is 3.31. The van der Waals surface area contributed by atoms with Crippen molar-refractivity contribution in [1.29, 1.82) is 0 Å². The van der Waals surface area contributed by atoms with E-state index < -0.39 is 0 Å². The maximum absolute atomic E-state index is 9.37. The third kappa shape index (κ3) is 5.61. The second-order valence-corrected chi connectivity index (χ2v) is 6.97. The number of rotatable bonds is 3. The molecule has 0 saturated carbocycles. The number of hydrogen-bond donors (Lipinski definition) is 3. The van der Waals surface area contributed by atoms with Crippen LogP contribution in [0.3, 0.4) is 0 Å². The Balaban J connectivity index is 1.75. The fourth-order valence-electron chi connectivity index (χ4n) is 2.12. The first-order valence-electron chi connectivity index (χ1n) is 7.93. The molecule has 3 N–H and O–H groups in total. The van der Waals surface area contributed by atoms with Gasteiger partial charge >= 0.3 is 0 Å². The van der Waals surface area contributed by atoms with Crippen molar-refractivity contribution in [2.24, 2.45) is 4.99 Å². The second kappa shape index (κ2) is 9.03. The number of nitrogens with one attached hydrogen (secondary N) is 2. The number of nitrogens with zero attached hydrogens (tertiary/aromatic N) is 1. The summed E-state index contributed by atoms with van der Waals surface area (Å²) < 4.78 is 0.550. The van der Waals surface area contributed by atoms with Crippen LogP contribution in [0.5, 0.6) is 5.75 Å². The molecule has 0 spiro atoms. The lowest BCUT2D eigenvalue weighted by molar-refractivity contribution is 0.475. The van der Waals surface area contributed by atoms with Gasteiger partial charge in [-0.25, -0.2) is 4.99 Å². The highest BCUT2D eigenvalue weighted by molar-refractivity contribution is 8.33. The summed E-state index contributed by atoms with van der Waals surface area (Å²) in [6, 6.07) is 26.3. The average Bonchev–Trinajstić information content (AvgIpc) is 2.65.